The molecule has 0 spiro atoms. The molecule has 28 heavy (non-hydrogen) atoms. The lowest BCUT2D eigenvalue weighted by molar-refractivity contribution is -0.115. The molecule has 0 unspecified atom stereocenters. The number of halogens is 1. The van der Waals surface area contributed by atoms with Crippen LogP contribution in [0.1, 0.15) is 11.3 Å². The molecular formula is C21H15BrN2O2S2. The van der Waals surface area contributed by atoms with Crippen LogP contribution in [0.5, 0.6) is 0 Å². The Kier molecular flexibility index (Phi) is 5.75. The van der Waals surface area contributed by atoms with Crippen molar-refractivity contribution in [3.63, 3.8) is 0 Å². The number of furan rings is 1. The van der Waals surface area contributed by atoms with Crippen LogP contribution in [0.2, 0.25) is 0 Å². The number of hydrogen-bond donors (Lipinski definition) is 1. The van der Waals surface area contributed by atoms with E-state index in [-0.39, 0.29) is 5.91 Å². The van der Waals surface area contributed by atoms with Crippen molar-refractivity contribution in [1.29, 1.82) is 0 Å². The lowest BCUT2D eigenvalue weighted by Crippen LogP contribution is -2.19. The zero-order valence-electron chi connectivity index (χ0n) is 14.8. The minimum Gasteiger partial charge on any atom is -0.449 e. The smallest absolute Gasteiger partial charge is 0.264 e. The number of amides is 1. The topological polar surface area (TPSA) is 54.6 Å². The highest BCUT2D eigenvalue weighted by molar-refractivity contribution is 9.10. The van der Waals surface area contributed by atoms with E-state index in [0.717, 1.165) is 20.1 Å². The molecular weight excluding hydrogens is 456 g/mol. The van der Waals surface area contributed by atoms with Crippen molar-refractivity contribution in [1.82, 2.24) is 5.32 Å². The Balaban J connectivity index is 1.52. The van der Waals surface area contributed by atoms with Crippen LogP contribution in [-0.2, 0) is 4.79 Å². The van der Waals surface area contributed by atoms with Crippen LogP contribution in [0, 0.1) is 6.92 Å². The molecule has 3 aromatic rings. The summed E-state index contributed by atoms with van der Waals surface area (Å²) in [5.41, 5.74) is 1.97. The minimum atomic E-state index is -0.180. The summed E-state index contributed by atoms with van der Waals surface area (Å²) in [5.74, 6) is 0.431. The van der Waals surface area contributed by atoms with Gasteiger partial charge in [-0.3, -0.25) is 4.79 Å². The van der Waals surface area contributed by atoms with Crippen molar-refractivity contribution in [3.05, 3.63) is 81.4 Å². The average molecular weight is 471 g/mol. The number of benzene rings is 2. The fourth-order valence-corrected chi connectivity index (χ4v) is 4.62. The molecule has 0 radical (unpaired) electrons. The SMILES string of the molecule is Cc1ccc(N=C2NC(=O)/C(=C\c3cc(Br)c(Sc4ccccc4)o3)S2)cc1. The second kappa shape index (κ2) is 8.43. The third-order valence-corrected chi connectivity index (χ3v) is 6.58. The van der Waals surface area contributed by atoms with E-state index < -0.39 is 0 Å². The predicted octanol–water partition coefficient (Wildman–Crippen LogP) is 6.39. The molecule has 2 heterocycles. The summed E-state index contributed by atoms with van der Waals surface area (Å²) in [6.07, 6.45) is 1.73. The van der Waals surface area contributed by atoms with E-state index in [9.17, 15) is 4.79 Å². The molecule has 7 heteroatoms. The van der Waals surface area contributed by atoms with Crippen molar-refractivity contribution >= 4 is 62.3 Å². The second-order valence-corrected chi connectivity index (χ2v) is 8.95. The van der Waals surface area contributed by atoms with Crippen molar-refractivity contribution in [2.75, 3.05) is 0 Å². The van der Waals surface area contributed by atoms with E-state index in [0.29, 0.717) is 15.8 Å². The number of rotatable bonds is 4. The lowest BCUT2D eigenvalue weighted by atomic mass is 10.2. The maximum Gasteiger partial charge on any atom is 0.264 e. The standard InChI is InChI=1S/C21H15BrN2O2S2/c1-13-7-9-14(10-8-13)23-21-24-19(25)18(28-21)12-15-11-17(22)20(26-15)27-16-5-3-2-4-6-16/h2-12H,1H3,(H,23,24,25)/b18-12+. The normalized spacial score (nSPS) is 16.7. The van der Waals surface area contributed by atoms with E-state index in [4.69, 9.17) is 4.42 Å². The molecule has 1 aliphatic rings. The Morgan fingerprint density at radius 1 is 1.14 bits per heavy atom. The molecule has 0 saturated carbocycles. The first kappa shape index (κ1) is 19.1. The number of nitrogens with one attached hydrogen (secondary N) is 1. The van der Waals surface area contributed by atoms with Gasteiger partial charge in [0.1, 0.15) is 5.76 Å². The number of thioether (sulfide) groups is 1. The van der Waals surface area contributed by atoms with Crippen molar-refractivity contribution in [2.24, 2.45) is 4.99 Å². The Hall–Kier alpha value is -2.22. The summed E-state index contributed by atoms with van der Waals surface area (Å²) < 4.78 is 6.75. The monoisotopic (exact) mass is 470 g/mol. The maximum atomic E-state index is 12.3. The fourth-order valence-electron chi connectivity index (χ4n) is 2.45. The second-order valence-electron chi connectivity index (χ2n) is 6.02. The van der Waals surface area contributed by atoms with Crippen molar-refractivity contribution in [2.45, 2.75) is 16.9 Å². The Labute approximate surface area is 179 Å². The first-order valence-corrected chi connectivity index (χ1v) is 10.9. The number of aryl methyl sites for hydroxylation is 1. The van der Waals surface area contributed by atoms with Crippen molar-refractivity contribution in [3.8, 4) is 0 Å². The van der Waals surface area contributed by atoms with Gasteiger partial charge in [0.05, 0.1) is 15.1 Å². The van der Waals surface area contributed by atoms with E-state index in [1.165, 1.54) is 29.1 Å². The summed E-state index contributed by atoms with van der Waals surface area (Å²) >= 11 is 6.35. The first-order valence-electron chi connectivity index (χ1n) is 8.45. The fraction of sp³-hybridized carbons (Fsp3) is 0.0476. The summed E-state index contributed by atoms with van der Waals surface area (Å²) in [4.78, 5) is 18.4. The van der Waals surface area contributed by atoms with Gasteiger partial charge in [-0.1, -0.05) is 47.7 Å². The Morgan fingerprint density at radius 2 is 1.89 bits per heavy atom. The molecule has 4 rings (SSSR count). The van der Waals surface area contributed by atoms with Gasteiger partial charge in [-0.15, -0.1) is 0 Å². The molecule has 1 aliphatic heterocycles. The summed E-state index contributed by atoms with van der Waals surface area (Å²) in [7, 11) is 0. The van der Waals surface area contributed by atoms with E-state index in [1.807, 2.05) is 67.6 Å². The number of hydrogen-bond acceptors (Lipinski definition) is 5. The zero-order valence-corrected chi connectivity index (χ0v) is 18.0. The Bertz CT molecular complexity index is 1070. The van der Waals surface area contributed by atoms with E-state index in [2.05, 4.69) is 26.2 Å². The number of carbonyl (C=O) groups is 1. The molecule has 1 N–H and O–H groups in total. The number of aliphatic imine (C=N–C) groups is 1. The van der Waals surface area contributed by atoms with Gasteiger partial charge in [0.25, 0.3) is 5.91 Å². The van der Waals surface area contributed by atoms with Gasteiger partial charge in [0.15, 0.2) is 10.3 Å². The zero-order chi connectivity index (χ0) is 19.5. The molecule has 140 valence electrons. The predicted molar refractivity (Wildman–Crippen MR) is 119 cm³/mol. The highest BCUT2D eigenvalue weighted by atomic mass is 79.9. The Morgan fingerprint density at radius 3 is 2.64 bits per heavy atom. The van der Waals surface area contributed by atoms with E-state index in [1.54, 1.807) is 6.08 Å². The van der Waals surface area contributed by atoms with Gasteiger partial charge < -0.3 is 9.73 Å². The van der Waals surface area contributed by atoms with Crippen LogP contribution in [0.3, 0.4) is 0 Å². The van der Waals surface area contributed by atoms with Gasteiger partial charge in [0, 0.05) is 11.0 Å². The first-order chi connectivity index (χ1) is 13.6. The summed E-state index contributed by atoms with van der Waals surface area (Å²) in [5, 5.41) is 4.10. The third kappa shape index (κ3) is 4.60. The van der Waals surface area contributed by atoms with Crippen LogP contribution in [0.25, 0.3) is 6.08 Å². The van der Waals surface area contributed by atoms with Crippen LogP contribution < -0.4 is 5.32 Å². The maximum absolute atomic E-state index is 12.3. The lowest BCUT2D eigenvalue weighted by Gasteiger charge is -1.97. The molecule has 1 fully saturated rings. The molecule has 2 aromatic carbocycles. The number of amidine groups is 1. The van der Waals surface area contributed by atoms with Gasteiger partial charge in [-0.25, -0.2) is 4.99 Å². The van der Waals surface area contributed by atoms with Crippen LogP contribution in [0.15, 0.2) is 89.4 Å². The molecule has 0 bridgehead atoms. The number of nitrogens with zero attached hydrogens (tertiary/aromatic N) is 1. The summed E-state index contributed by atoms with van der Waals surface area (Å²) in [6, 6.07) is 19.7. The van der Waals surface area contributed by atoms with Gasteiger partial charge in [0.2, 0.25) is 0 Å². The molecule has 0 atom stereocenters. The minimum absolute atomic E-state index is 0.180. The van der Waals surface area contributed by atoms with Crippen molar-refractivity contribution < 1.29 is 9.21 Å². The molecule has 1 amide bonds. The number of carbonyl (C=O) groups excluding carboxylic acids is 1. The quantitative estimate of drug-likeness (QED) is 0.448. The summed E-state index contributed by atoms with van der Waals surface area (Å²) in [6.45, 7) is 2.02. The van der Waals surface area contributed by atoms with E-state index >= 15 is 0 Å². The van der Waals surface area contributed by atoms with Gasteiger partial charge in [-0.05, 0) is 64.9 Å². The molecule has 1 saturated heterocycles. The molecule has 4 nitrogen and oxygen atoms in total. The third-order valence-electron chi connectivity index (χ3n) is 3.82. The molecule has 0 aliphatic carbocycles. The van der Waals surface area contributed by atoms with Gasteiger partial charge >= 0.3 is 0 Å². The van der Waals surface area contributed by atoms with Gasteiger partial charge in [-0.2, -0.15) is 0 Å². The van der Waals surface area contributed by atoms with Crippen LogP contribution in [-0.4, -0.2) is 11.1 Å². The van der Waals surface area contributed by atoms with Crippen LogP contribution in [0.4, 0.5) is 5.69 Å². The highest BCUT2D eigenvalue weighted by Crippen LogP contribution is 2.37. The largest absolute Gasteiger partial charge is 0.449 e. The molecule has 1 aromatic heterocycles. The average Bonchev–Trinajstić information content (AvgIpc) is 3.20. The van der Waals surface area contributed by atoms with Crippen LogP contribution >= 0.6 is 39.5 Å². The highest BCUT2D eigenvalue weighted by Gasteiger charge is 2.24.